The number of rotatable bonds is 6. The van der Waals surface area contributed by atoms with Crippen LogP contribution in [0.2, 0.25) is 0 Å². The monoisotopic (exact) mass is 347 g/mol. The molecule has 0 heterocycles. The van der Waals surface area contributed by atoms with Crippen molar-refractivity contribution in [3.63, 3.8) is 0 Å². The van der Waals surface area contributed by atoms with Gasteiger partial charge in [0.05, 0.1) is 12.5 Å². The highest BCUT2D eigenvalue weighted by Gasteiger charge is 2.09. The number of para-hydroxylation sites is 1. The maximum absolute atomic E-state index is 12.0. The molecule has 1 amide bonds. The summed E-state index contributed by atoms with van der Waals surface area (Å²) in [5.74, 6) is 0.808. The SMILES string of the molecule is CC(COc1ccccc1)NC(=O)Cc1cccc(Br)c1. The minimum Gasteiger partial charge on any atom is -0.491 e. The van der Waals surface area contributed by atoms with Crippen LogP contribution in [0, 0.1) is 0 Å². The fourth-order valence-corrected chi connectivity index (χ4v) is 2.38. The van der Waals surface area contributed by atoms with E-state index in [4.69, 9.17) is 4.74 Å². The summed E-state index contributed by atoms with van der Waals surface area (Å²) >= 11 is 3.40. The Hall–Kier alpha value is -1.81. The van der Waals surface area contributed by atoms with Gasteiger partial charge in [-0.05, 0) is 36.8 Å². The van der Waals surface area contributed by atoms with Crippen molar-refractivity contribution in [2.45, 2.75) is 19.4 Å². The van der Waals surface area contributed by atoms with Gasteiger partial charge in [-0.15, -0.1) is 0 Å². The van der Waals surface area contributed by atoms with Crippen LogP contribution in [0.4, 0.5) is 0 Å². The molecule has 0 bridgehead atoms. The molecular formula is C17H18BrNO2. The Labute approximate surface area is 133 Å². The Morgan fingerprint density at radius 1 is 1.19 bits per heavy atom. The molecule has 0 radical (unpaired) electrons. The topological polar surface area (TPSA) is 38.3 Å². The molecule has 2 rings (SSSR count). The van der Waals surface area contributed by atoms with E-state index in [1.165, 1.54) is 0 Å². The van der Waals surface area contributed by atoms with Crippen molar-refractivity contribution in [2.24, 2.45) is 0 Å². The molecule has 0 saturated heterocycles. The lowest BCUT2D eigenvalue weighted by Crippen LogP contribution is -2.37. The van der Waals surface area contributed by atoms with Crippen LogP contribution in [0.1, 0.15) is 12.5 Å². The summed E-state index contributed by atoms with van der Waals surface area (Å²) in [5.41, 5.74) is 0.984. The first-order chi connectivity index (χ1) is 10.1. The van der Waals surface area contributed by atoms with Gasteiger partial charge >= 0.3 is 0 Å². The normalized spacial score (nSPS) is 11.7. The first-order valence-corrected chi connectivity index (χ1v) is 7.64. The smallest absolute Gasteiger partial charge is 0.224 e. The van der Waals surface area contributed by atoms with Crippen molar-refractivity contribution in [3.05, 3.63) is 64.6 Å². The predicted octanol–water partition coefficient (Wildman–Crippen LogP) is 3.58. The van der Waals surface area contributed by atoms with Crippen LogP contribution in [0.3, 0.4) is 0 Å². The summed E-state index contributed by atoms with van der Waals surface area (Å²) in [6, 6.07) is 17.3. The molecule has 4 heteroatoms. The second kappa shape index (κ2) is 7.84. The zero-order valence-corrected chi connectivity index (χ0v) is 13.5. The molecule has 1 atom stereocenters. The molecule has 0 aromatic heterocycles. The fraction of sp³-hybridized carbons (Fsp3) is 0.235. The Balaban J connectivity index is 1.77. The molecule has 2 aromatic carbocycles. The van der Waals surface area contributed by atoms with Crippen LogP contribution in [0.25, 0.3) is 0 Å². The molecule has 2 aromatic rings. The molecule has 3 nitrogen and oxygen atoms in total. The average molecular weight is 348 g/mol. The van der Waals surface area contributed by atoms with Gasteiger partial charge in [0.2, 0.25) is 5.91 Å². The molecule has 0 spiro atoms. The lowest BCUT2D eigenvalue weighted by atomic mass is 10.1. The molecular weight excluding hydrogens is 330 g/mol. The molecule has 0 aliphatic carbocycles. The summed E-state index contributed by atoms with van der Waals surface area (Å²) < 4.78 is 6.60. The van der Waals surface area contributed by atoms with Gasteiger partial charge in [0.15, 0.2) is 0 Å². The average Bonchev–Trinajstić information content (AvgIpc) is 2.46. The summed E-state index contributed by atoms with van der Waals surface area (Å²) in [5, 5.41) is 2.94. The van der Waals surface area contributed by atoms with Gasteiger partial charge in [-0.25, -0.2) is 0 Å². The van der Waals surface area contributed by atoms with Crippen molar-refractivity contribution in [3.8, 4) is 5.75 Å². The highest BCUT2D eigenvalue weighted by Crippen LogP contribution is 2.12. The number of ether oxygens (including phenoxy) is 1. The lowest BCUT2D eigenvalue weighted by molar-refractivity contribution is -0.121. The van der Waals surface area contributed by atoms with Crippen LogP contribution in [-0.4, -0.2) is 18.6 Å². The highest BCUT2D eigenvalue weighted by atomic mass is 79.9. The van der Waals surface area contributed by atoms with Gasteiger partial charge in [0, 0.05) is 4.47 Å². The van der Waals surface area contributed by atoms with Crippen LogP contribution >= 0.6 is 15.9 Å². The maximum atomic E-state index is 12.0. The predicted molar refractivity (Wildman–Crippen MR) is 87.4 cm³/mol. The van der Waals surface area contributed by atoms with E-state index >= 15 is 0 Å². The quantitative estimate of drug-likeness (QED) is 0.867. The highest BCUT2D eigenvalue weighted by molar-refractivity contribution is 9.10. The van der Waals surface area contributed by atoms with Gasteiger partial charge in [-0.2, -0.15) is 0 Å². The van der Waals surface area contributed by atoms with E-state index in [0.29, 0.717) is 13.0 Å². The Kier molecular flexibility index (Phi) is 5.81. The minimum atomic E-state index is -0.0372. The number of hydrogen-bond donors (Lipinski definition) is 1. The van der Waals surface area contributed by atoms with E-state index in [0.717, 1.165) is 15.8 Å². The number of hydrogen-bond acceptors (Lipinski definition) is 2. The Morgan fingerprint density at radius 2 is 1.95 bits per heavy atom. The third kappa shape index (κ3) is 5.60. The van der Waals surface area contributed by atoms with Gasteiger partial charge < -0.3 is 10.1 Å². The van der Waals surface area contributed by atoms with Gasteiger partial charge in [-0.3, -0.25) is 4.79 Å². The lowest BCUT2D eigenvalue weighted by Gasteiger charge is -2.15. The number of nitrogens with one attached hydrogen (secondary N) is 1. The largest absolute Gasteiger partial charge is 0.491 e. The summed E-state index contributed by atoms with van der Waals surface area (Å²) in [6.45, 7) is 2.38. The molecule has 0 aliphatic heterocycles. The van der Waals surface area contributed by atoms with E-state index < -0.39 is 0 Å². The van der Waals surface area contributed by atoms with Crippen molar-refractivity contribution < 1.29 is 9.53 Å². The van der Waals surface area contributed by atoms with E-state index in [-0.39, 0.29) is 11.9 Å². The molecule has 0 saturated carbocycles. The Bertz CT molecular complexity index is 586. The number of carbonyl (C=O) groups is 1. The zero-order chi connectivity index (χ0) is 15.1. The van der Waals surface area contributed by atoms with Crippen molar-refractivity contribution >= 4 is 21.8 Å². The van der Waals surface area contributed by atoms with Crippen LogP contribution < -0.4 is 10.1 Å². The molecule has 1 N–H and O–H groups in total. The summed E-state index contributed by atoms with van der Waals surface area (Å²) in [4.78, 5) is 12.0. The summed E-state index contributed by atoms with van der Waals surface area (Å²) in [6.07, 6.45) is 0.370. The second-order valence-corrected chi connectivity index (χ2v) is 5.81. The second-order valence-electron chi connectivity index (χ2n) is 4.90. The third-order valence-electron chi connectivity index (χ3n) is 2.90. The number of halogens is 1. The van der Waals surface area contributed by atoms with Crippen molar-refractivity contribution in [1.29, 1.82) is 0 Å². The van der Waals surface area contributed by atoms with E-state index in [2.05, 4.69) is 21.2 Å². The van der Waals surface area contributed by atoms with Crippen LogP contribution in [0.5, 0.6) is 5.75 Å². The Morgan fingerprint density at radius 3 is 2.67 bits per heavy atom. The standard InChI is InChI=1S/C17H18BrNO2/c1-13(12-21-16-8-3-2-4-9-16)19-17(20)11-14-6-5-7-15(18)10-14/h2-10,13H,11-12H2,1H3,(H,19,20). The number of amides is 1. The summed E-state index contributed by atoms with van der Waals surface area (Å²) in [7, 11) is 0. The zero-order valence-electron chi connectivity index (χ0n) is 11.9. The third-order valence-corrected chi connectivity index (χ3v) is 3.40. The van der Waals surface area contributed by atoms with Crippen LogP contribution in [0.15, 0.2) is 59.1 Å². The van der Waals surface area contributed by atoms with E-state index in [1.54, 1.807) is 0 Å². The molecule has 0 fully saturated rings. The number of benzene rings is 2. The van der Waals surface area contributed by atoms with Crippen LogP contribution in [-0.2, 0) is 11.2 Å². The van der Waals surface area contributed by atoms with Gasteiger partial charge in [-0.1, -0.05) is 46.3 Å². The molecule has 1 unspecified atom stereocenters. The molecule has 110 valence electrons. The minimum absolute atomic E-state index is 0.00254. The van der Waals surface area contributed by atoms with Crippen molar-refractivity contribution in [2.75, 3.05) is 6.61 Å². The first kappa shape index (κ1) is 15.6. The van der Waals surface area contributed by atoms with Gasteiger partial charge in [0.25, 0.3) is 0 Å². The molecule has 21 heavy (non-hydrogen) atoms. The maximum Gasteiger partial charge on any atom is 0.224 e. The van der Waals surface area contributed by atoms with Crippen molar-refractivity contribution in [1.82, 2.24) is 5.32 Å². The number of carbonyl (C=O) groups excluding carboxylic acids is 1. The van der Waals surface area contributed by atoms with Gasteiger partial charge in [0.1, 0.15) is 12.4 Å². The first-order valence-electron chi connectivity index (χ1n) is 6.85. The fourth-order valence-electron chi connectivity index (χ4n) is 1.94. The molecule has 0 aliphatic rings. The van der Waals surface area contributed by atoms with E-state index in [9.17, 15) is 4.79 Å². The van der Waals surface area contributed by atoms with E-state index in [1.807, 2.05) is 61.5 Å².